The molecule has 0 aliphatic rings. The summed E-state index contributed by atoms with van der Waals surface area (Å²) >= 11 is 0. The van der Waals surface area contributed by atoms with Gasteiger partial charge in [0.25, 0.3) is 0 Å². The average Bonchev–Trinajstić information content (AvgIpc) is 2.97. The molecule has 2 N–H and O–H groups in total. The first-order valence-corrected chi connectivity index (χ1v) is 17.0. The number of esters is 1. The zero-order valence-corrected chi connectivity index (χ0v) is 26.9. The van der Waals surface area contributed by atoms with Gasteiger partial charge in [-0.1, -0.05) is 129 Å². The average molecular weight is 585 g/mol. The second-order valence-corrected chi connectivity index (χ2v) is 11.3. The van der Waals surface area contributed by atoms with Crippen LogP contribution in [0.25, 0.3) is 0 Å². The van der Waals surface area contributed by atoms with Crippen molar-refractivity contribution in [2.24, 2.45) is 0 Å². The summed E-state index contributed by atoms with van der Waals surface area (Å²) in [5, 5.41) is 5.37. The highest BCUT2D eigenvalue weighted by molar-refractivity contribution is 5.81. The predicted octanol–water partition coefficient (Wildman–Crippen LogP) is 8.99. The number of rotatable bonds is 29. The smallest absolute Gasteiger partial charge is 0.407 e. The van der Waals surface area contributed by atoms with Gasteiger partial charge in [0.2, 0.25) is 0 Å². The van der Waals surface area contributed by atoms with Gasteiger partial charge < -0.3 is 24.8 Å². The molecule has 242 valence electrons. The van der Waals surface area contributed by atoms with E-state index >= 15 is 0 Å². The number of unbranched alkanes of at least 4 members (excludes halogenated alkanes) is 19. The minimum atomic E-state index is -0.761. The van der Waals surface area contributed by atoms with Gasteiger partial charge in [-0.05, 0) is 32.1 Å². The molecule has 0 spiro atoms. The lowest BCUT2D eigenvalue weighted by molar-refractivity contribution is -0.143. The zero-order valence-electron chi connectivity index (χ0n) is 26.9. The number of nitrogens with one attached hydrogen (secondary N) is 2. The van der Waals surface area contributed by atoms with Gasteiger partial charge in [0.1, 0.15) is 6.04 Å². The third kappa shape index (κ3) is 27.9. The Labute approximate surface area is 251 Å². The summed E-state index contributed by atoms with van der Waals surface area (Å²) in [5.41, 5.74) is 0. The second kappa shape index (κ2) is 31.0. The Morgan fingerprint density at radius 2 is 0.951 bits per heavy atom. The maximum atomic E-state index is 12.1. The van der Waals surface area contributed by atoms with E-state index in [9.17, 15) is 14.4 Å². The lowest BCUT2D eigenvalue weighted by Crippen LogP contribution is -2.42. The van der Waals surface area contributed by atoms with Gasteiger partial charge >= 0.3 is 18.2 Å². The van der Waals surface area contributed by atoms with Crippen LogP contribution in [0, 0.1) is 0 Å². The second-order valence-electron chi connectivity index (χ2n) is 11.3. The number of carbonyl (C=O) groups excluding carboxylic acids is 3. The van der Waals surface area contributed by atoms with Crippen molar-refractivity contribution >= 4 is 18.2 Å². The lowest BCUT2D eigenvalue weighted by Gasteiger charge is -2.16. The number of methoxy groups -OCH3 is 1. The van der Waals surface area contributed by atoms with Crippen LogP contribution in [0.15, 0.2) is 0 Å². The van der Waals surface area contributed by atoms with Crippen LogP contribution in [0.2, 0.25) is 0 Å². The SMILES string of the molecule is CCCCCCCCCCCCOC(=O)NCCCC[C@H](NC(=O)OCCCCCCCCCCCC)C(=O)OC. The summed E-state index contributed by atoms with van der Waals surface area (Å²) in [4.78, 5) is 36.1. The molecule has 0 saturated heterocycles. The molecule has 41 heavy (non-hydrogen) atoms. The van der Waals surface area contributed by atoms with E-state index in [-0.39, 0.29) is 0 Å². The van der Waals surface area contributed by atoms with Crippen LogP contribution in [-0.2, 0) is 19.0 Å². The summed E-state index contributed by atoms with van der Waals surface area (Å²) in [6, 6.07) is -0.761. The molecule has 0 radical (unpaired) electrons. The molecule has 0 aromatic heterocycles. The first-order chi connectivity index (χ1) is 20.0. The van der Waals surface area contributed by atoms with Crippen LogP contribution in [0.1, 0.15) is 162 Å². The Morgan fingerprint density at radius 3 is 1.39 bits per heavy atom. The third-order valence-corrected chi connectivity index (χ3v) is 7.43. The van der Waals surface area contributed by atoms with Crippen molar-refractivity contribution in [1.29, 1.82) is 0 Å². The molecule has 1 atom stereocenters. The summed E-state index contributed by atoms with van der Waals surface area (Å²) in [7, 11) is 1.30. The third-order valence-electron chi connectivity index (χ3n) is 7.43. The van der Waals surface area contributed by atoms with Crippen molar-refractivity contribution in [3.63, 3.8) is 0 Å². The van der Waals surface area contributed by atoms with E-state index < -0.39 is 24.2 Å². The first-order valence-electron chi connectivity index (χ1n) is 17.0. The van der Waals surface area contributed by atoms with Gasteiger partial charge in [-0.15, -0.1) is 0 Å². The van der Waals surface area contributed by atoms with Crippen LogP contribution in [0.5, 0.6) is 0 Å². The molecule has 0 bridgehead atoms. The molecule has 0 heterocycles. The van der Waals surface area contributed by atoms with Crippen LogP contribution in [0.3, 0.4) is 0 Å². The van der Waals surface area contributed by atoms with Crippen molar-refractivity contribution in [1.82, 2.24) is 10.6 Å². The maximum Gasteiger partial charge on any atom is 0.407 e. The summed E-state index contributed by atoms with van der Waals surface area (Å²) in [5.74, 6) is -0.496. The molecule has 0 aromatic rings. The van der Waals surface area contributed by atoms with Gasteiger partial charge in [0, 0.05) is 6.54 Å². The van der Waals surface area contributed by atoms with E-state index in [4.69, 9.17) is 14.2 Å². The van der Waals surface area contributed by atoms with Crippen molar-refractivity contribution in [3.8, 4) is 0 Å². The quantitative estimate of drug-likeness (QED) is 0.0516. The fraction of sp³-hybridized carbons (Fsp3) is 0.909. The minimum absolute atomic E-state index is 0.349. The van der Waals surface area contributed by atoms with E-state index in [1.807, 2.05) is 0 Å². The number of hydrogen-bond acceptors (Lipinski definition) is 6. The molecular weight excluding hydrogens is 520 g/mol. The van der Waals surface area contributed by atoms with Crippen LogP contribution < -0.4 is 10.6 Å². The number of alkyl carbamates (subject to hydrolysis) is 2. The van der Waals surface area contributed by atoms with Crippen molar-refractivity contribution in [2.75, 3.05) is 26.9 Å². The number of carbonyl (C=O) groups is 3. The molecule has 0 aromatic carbocycles. The van der Waals surface area contributed by atoms with Crippen molar-refractivity contribution in [3.05, 3.63) is 0 Å². The molecule has 0 aliphatic carbocycles. The Balaban J connectivity index is 3.75. The number of hydrogen-bond donors (Lipinski definition) is 2. The van der Waals surface area contributed by atoms with Gasteiger partial charge in [-0.25, -0.2) is 14.4 Å². The molecule has 2 amide bonds. The van der Waals surface area contributed by atoms with Crippen LogP contribution >= 0.6 is 0 Å². The van der Waals surface area contributed by atoms with Crippen LogP contribution in [0.4, 0.5) is 9.59 Å². The Hall–Kier alpha value is -1.99. The summed E-state index contributed by atoms with van der Waals surface area (Å²) < 4.78 is 15.3. The minimum Gasteiger partial charge on any atom is -0.467 e. The highest BCUT2D eigenvalue weighted by Gasteiger charge is 2.21. The Kier molecular flexibility index (Phi) is 29.5. The Bertz CT molecular complexity index is 617. The molecule has 0 saturated carbocycles. The summed E-state index contributed by atoms with van der Waals surface area (Å²) in [6.07, 6.45) is 25.3. The highest BCUT2D eigenvalue weighted by Crippen LogP contribution is 2.12. The first kappa shape index (κ1) is 39.0. The van der Waals surface area contributed by atoms with E-state index in [2.05, 4.69) is 24.5 Å². The fourth-order valence-corrected chi connectivity index (χ4v) is 4.80. The molecule has 0 aliphatic heterocycles. The molecule has 0 fully saturated rings. The molecular formula is C33H64N2O6. The van der Waals surface area contributed by atoms with Gasteiger partial charge in [-0.2, -0.15) is 0 Å². The van der Waals surface area contributed by atoms with Crippen molar-refractivity contribution in [2.45, 2.75) is 168 Å². The van der Waals surface area contributed by atoms with Gasteiger partial charge in [0.05, 0.1) is 20.3 Å². The van der Waals surface area contributed by atoms with E-state index in [0.29, 0.717) is 39.0 Å². The van der Waals surface area contributed by atoms with E-state index in [1.165, 1.54) is 103 Å². The molecule has 8 nitrogen and oxygen atoms in total. The molecule has 8 heteroatoms. The topological polar surface area (TPSA) is 103 Å². The maximum absolute atomic E-state index is 12.1. The fourth-order valence-electron chi connectivity index (χ4n) is 4.80. The normalized spacial score (nSPS) is 11.6. The predicted molar refractivity (Wildman–Crippen MR) is 167 cm³/mol. The summed E-state index contributed by atoms with van der Waals surface area (Å²) in [6.45, 7) is 5.72. The van der Waals surface area contributed by atoms with Crippen LogP contribution in [-0.4, -0.2) is 51.1 Å². The van der Waals surface area contributed by atoms with Gasteiger partial charge in [0.15, 0.2) is 0 Å². The lowest BCUT2D eigenvalue weighted by atomic mass is 10.1. The number of amides is 2. The standard InChI is InChI=1S/C33H64N2O6/c1-4-6-8-10-12-14-16-18-20-24-28-40-32(37)34-27-23-22-26-30(31(36)39-3)35-33(38)41-29-25-21-19-17-15-13-11-9-7-5-2/h30H,4-29H2,1-3H3,(H,34,37)(H,35,38)/t30-/m0/s1. The largest absolute Gasteiger partial charge is 0.467 e. The van der Waals surface area contributed by atoms with E-state index in [0.717, 1.165) is 32.1 Å². The van der Waals surface area contributed by atoms with Gasteiger partial charge in [-0.3, -0.25) is 0 Å². The molecule has 0 unspecified atom stereocenters. The Morgan fingerprint density at radius 1 is 0.537 bits per heavy atom. The monoisotopic (exact) mass is 584 g/mol. The zero-order chi connectivity index (χ0) is 30.2. The van der Waals surface area contributed by atoms with E-state index in [1.54, 1.807) is 0 Å². The highest BCUT2D eigenvalue weighted by atomic mass is 16.6. The van der Waals surface area contributed by atoms with Crippen molar-refractivity contribution < 1.29 is 28.6 Å². The molecule has 0 rings (SSSR count). The number of ether oxygens (including phenoxy) is 3.